The van der Waals surface area contributed by atoms with Crippen LogP contribution in [0.1, 0.15) is 52.6 Å². The summed E-state index contributed by atoms with van der Waals surface area (Å²) in [6.07, 6.45) is -2.12. The van der Waals surface area contributed by atoms with Crippen molar-refractivity contribution in [1.82, 2.24) is 24.8 Å². The van der Waals surface area contributed by atoms with Gasteiger partial charge in [0.15, 0.2) is 23.8 Å². The number of aliphatic hydroxyl groups is 3. The van der Waals surface area contributed by atoms with Crippen LogP contribution < -0.4 is 11.1 Å². The molecule has 188 valence electrons. The molecule has 4 unspecified atom stereocenters. The van der Waals surface area contributed by atoms with E-state index in [0.29, 0.717) is 24.8 Å². The van der Waals surface area contributed by atoms with Crippen LogP contribution in [0.4, 0.5) is 5.82 Å². The van der Waals surface area contributed by atoms with E-state index in [0.717, 1.165) is 6.42 Å². The first-order valence-corrected chi connectivity index (χ1v) is 12.0. The van der Waals surface area contributed by atoms with Gasteiger partial charge < -0.3 is 31.1 Å². The molecule has 2 bridgehead atoms. The molecular weight excluding hydrogens is 452 g/mol. The normalized spacial score (nSPS) is 37.4. The van der Waals surface area contributed by atoms with E-state index in [-0.39, 0.29) is 34.1 Å². The minimum atomic E-state index is -1.43. The molecule has 6 N–H and O–H groups in total. The molecule has 1 aliphatic heterocycles. The van der Waals surface area contributed by atoms with Crippen LogP contribution >= 0.6 is 0 Å². The third-order valence-electron chi connectivity index (χ3n) is 8.42. The summed E-state index contributed by atoms with van der Waals surface area (Å²) in [5.41, 5.74) is 5.69. The Balaban J connectivity index is 1.46. The Labute approximate surface area is 203 Å². The number of carbonyl (C=O) groups is 1. The van der Waals surface area contributed by atoms with Gasteiger partial charge in [-0.2, -0.15) is 0 Å². The van der Waals surface area contributed by atoms with E-state index >= 15 is 0 Å². The van der Waals surface area contributed by atoms with Gasteiger partial charge in [-0.1, -0.05) is 26.7 Å². The second kappa shape index (κ2) is 8.13. The summed E-state index contributed by atoms with van der Waals surface area (Å²) in [6, 6.07) is 0. The average Bonchev–Trinajstić information content (AvgIpc) is 3.35. The predicted molar refractivity (Wildman–Crippen MR) is 125 cm³/mol. The van der Waals surface area contributed by atoms with Crippen molar-refractivity contribution in [3.63, 3.8) is 0 Å². The Bertz CT molecular complexity index is 1230. The molecule has 35 heavy (non-hydrogen) atoms. The molecule has 8 atom stereocenters. The zero-order valence-corrected chi connectivity index (χ0v) is 20.3. The number of hydrogen-bond donors (Lipinski definition) is 5. The summed E-state index contributed by atoms with van der Waals surface area (Å²) in [5, 5.41) is 34.8. The fourth-order valence-corrected chi connectivity index (χ4v) is 6.04. The van der Waals surface area contributed by atoms with Crippen molar-refractivity contribution < 1.29 is 24.9 Å². The molecule has 2 aromatic heterocycles. The maximum atomic E-state index is 12.2. The van der Waals surface area contributed by atoms with E-state index in [9.17, 15) is 20.1 Å². The lowest BCUT2D eigenvalue weighted by Crippen LogP contribution is -2.61. The number of imidazole rings is 1. The van der Waals surface area contributed by atoms with Crippen molar-refractivity contribution >= 4 is 22.9 Å². The molecule has 4 fully saturated rings. The van der Waals surface area contributed by atoms with Gasteiger partial charge in [0, 0.05) is 6.54 Å². The number of nitrogens with two attached hydrogens (primary N) is 1. The highest BCUT2D eigenvalue weighted by molar-refractivity contribution is 5.83. The molecule has 3 heterocycles. The van der Waals surface area contributed by atoms with Gasteiger partial charge in [0.2, 0.25) is 5.82 Å². The fourth-order valence-electron chi connectivity index (χ4n) is 6.04. The Morgan fingerprint density at radius 1 is 1.34 bits per heavy atom. The number of anilines is 1. The Hall–Kier alpha value is -2.78. The van der Waals surface area contributed by atoms with Gasteiger partial charge in [-0.3, -0.25) is 9.36 Å². The van der Waals surface area contributed by atoms with Gasteiger partial charge >= 0.3 is 0 Å². The van der Waals surface area contributed by atoms with E-state index in [2.05, 4.69) is 46.0 Å². The number of fused-ring (bicyclic) bond motifs is 3. The van der Waals surface area contributed by atoms with Gasteiger partial charge in [0.25, 0.3) is 5.91 Å². The Morgan fingerprint density at radius 3 is 2.74 bits per heavy atom. The highest BCUT2D eigenvalue weighted by atomic mass is 16.6. The van der Waals surface area contributed by atoms with Crippen molar-refractivity contribution in [2.75, 3.05) is 12.3 Å². The molecule has 1 amide bonds. The second-order valence-electron chi connectivity index (χ2n) is 10.6. The summed E-state index contributed by atoms with van der Waals surface area (Å²) >= 11 is 0. The van der Waals surface area contributed by atoms with Crippen LogP contribution in [0, 0.1) is 35.0 Å². The lowest BCUT2D eigenvalue weighted by atomic mass is 9.42. The number of aliphatic hydroxyl groups excluding tert-OH is 2. The quantitative estimate of drug-likeness (QED) is 0.375. The zero-order chi connectivity index (χ0) is 25.3. The molecule has 6 rings (SSSR count). The van der Waals surface area contributed by atoms with E-state index in [4.69, 9.17) is 10.5 Å². The number of aromatic nitrogens is 4. The van der Waals surface area contributed by atoms with Crippen molar-refractivity contribution in [3.8, 4) is 11.8 Å². The standard InChI is InChI=1S/C24H32N6O5/c1-5-26-21(33)18-16(31)17(32)22(35-18)30-10-27-15-19(25)28-14(29-20(15)30)6-7-24(34)9-12-8-13(11(24)2)23(12,3)4/h10-13,16-18,22,31-32,34H,5,8-9H2,1-4H3,(H,26,33)(H2,25,28,29)/t11-,12?,13?,16?,17?,18-,22+,24+/m0/s1. The summed E-state index contributed by atoms with van der Waals surface area (Å²) in [6.45, 7) is 8.64. The van der Waals surface area contributed by atoms with Crippen LogP contribution in [-0.2, 0) is 9.53 Å². The summed E-state index contributed by atoms with van der Waals surface area (Å²) in [4.78, 5) is 25.1. The van der Waals surface area contributed by atoms with E-state index in [1.165, 1.54) is 10.9 Å². The maximum Gasteiger partial charge on any atom is 0.252 e. The van der Waals surface area contributed by atoms with Gasteiger partial charge in [0.1, 0.15) is 23.3 Å². The van der Waals surface area contributed by atoms with Gasteiger partial charge in [-0.25, -0.2) is 15.0 Å². The minimum Gasteiger partial charge on any atom is -0.387 e. The Kier molecular flexibility index (Phi) is 5.56. The molecule has 3 aliphatic carbocycles. The number of nitrogens with zero attached hydrogens (tertiary/aromatic N) is 4. The highest BCUT2D eigenvalue weighted by Crippen LogP contribution is 2.63. The Morgan fingerprint density at radius 2 is 2.09 bits per heavy atom. The molecule has 0 aromatic carbocycles. The first kappa shape index (κ1) is 23.9. The first-order chi connectivity index (χ1) is 16.5. The van der Waals surface area contributed by atoms with Crippen molar-refractivity contribution in [2.24, 2.45) is 23.2 Å². The van der Waals surface area contributed by atoms with Crippen LogP contribution in [0.25, 0.3) is 11.2 Å². The van der Waals surface area contributed by atoms with Crippen LogP contribution in [0.5, 0.6) is 0 Å². The number of nitrogens with one attached hydrogen (secondary N) is 1. The second-order valence-corrected chi connectivity index (χ2v) is 10.6. The van der Waals surface area contributed by atoms with Crippen LogP contribution in [0.15, 0.2) is 6.33 Å². The number of ether oxygens (including phenoxy) is 1. The predicted octanol–water partition coefficient (Wildman–Crippen LogP) is -0.0515. The topological polar surface area (TPSA) is 169 Å². The summed E-state index contributed by atoms with van der Waals surface area (Å²) in [5.74, 6) is 6.40. The number of carbonyl (C=O) groups excluding carboxylic acids is 1. The van der Waals surface area contributed by atoms with E-state index < -0.39 is 36.0 Å². The monoisotopic (exact) mass is 484 g/mol. The number of rotatable bonds is 3. The lowest BCUT2D eigenvalue weighted by molar-refractivity contribution is -0.182. The third kappa shape index (κ3) is 3.59. The van der Waals surface area contributed by atoms with Gasteiger partial charge in [-0.05, 0) is 48.9 Å². The van der Waals surface area contributed by atoms with Gasteiger partial charge in [0.05, 0.1) is 6.33 Å². The molecule has 1 saturated heterocycles. The zero-order valence-electron chi connectivity index (χ0n) is 20.3. The number of likely N-dealkylation sites (N-methyl/N-ethyl adjacent to an activating group) is 1. The molecule has 2 aromatic rings. The molecule has 11 nitrogen and oxygen atoms in total. The minimum absolute atomic E-state index is 0.0105. The summed E-state index contributed by atoms with van der Waals surface area (Å²) in [7, 11) is 0. The van der Waals surface area contributed by atoms with E-state index in [1.54, 1.807) is 6.92 Å². The fraction of sp³-hybridized carbons (Fsp3) is 0.667. The molecule has 3 saturated carbocycles. The third-order valence-corrected chi connectivity index (χ3v) is 8.42. The number of nitrogen functional groups attached to an aromatic ring is 1. The summed E-state index contributed by atoms with van der Waals surface area (Å²) < 4.78 is 7.09. The van der Waals surface area contributed by atoms with Crippen molar-refractivity contribution in [3.05, 3.63) is 12.2 Å². The number of hydrogen-bond acceptors (Lipinski definition) is 9. The lowest BCUT2D eigenvalue weighted by Gasteiger charge is -2.63. The van der Waals surface area contributed by atoms with Crippen molar-refractivity contribution in [2.45, 2.75) is 70.7 Å². The smallest absolute Gasteiger partial charge is 0.252 e. The SMILES string of the molecule is CCNC(=O)[C@H]1O[C@@H](n2cnc3c(N)nc(C#C[C@@]4(O)CC5CC([C@@H]4C)C5(C)C)nc32)C(O)C1O. The molecular formula is C24H32N6O5. The van der Waals surface area contributed by atoms with E-state index in [1.807, 2.05) is 6.92 Å². The molecule has 4 aliphatic rings. The molecule has 0 spiro atoms. The largest absolute Gasteiger partial charge is 0.387 e. The molecule has 11 heteroatoms. The van der Waals surface area contributed by atoms with Crippen molar-refractivity contribution in [1.29, 1.82) is 0 Å². The maximum absolute atomic E-state index is 12.2. The van der Waals surface area contributed by atoms with Crippen LogP contribution in [0.2, 0.25) is 0 Å². The number of amides is 1. The van der Waals surface area contributed by atoms with Crippen LogP contribution in [0.3, 0.4) is 0 Å². The first-order valence-electron chi connectivity index (χ1n) is 12.0. The van der Waals surface area contributed by atoms with Crippen LogP contribution in [-0.4, -0.2) is 71.2 Å². The average molecular weight is 485 g/mol. The van der Waals surface area contributed by atoms with Gasteiger partial charge in [-0.15, -0.1) is 0 Å². The molecule has 0 radical (unpaired) electrons. The highest BCUT2D eigenvalue weighted by Gasteiger charge is 2.61.